The van der Waals surface area contributed by atoms with E-state index in [-0.39, 0.29) is 10.8 Å². The first-order valence-electron chi connectivity index (χ1n) is 34.1. The second-order valence-electron chi connectivity index (χ2n) is 27.8. The Morgan fingerprint density at radius 1 is 0.247 bits per heavy atom. The number of fused-ring (bicyclic) bond motifs is 12. The molecule has 2 heterocycles. The van der Waals surface area contributed by atoms with Crippen molar-refractivity contribution in [1.82, 2.24) is 9.13 Å². The van der Waals surface area contributed by atoms with Gasteiger partial charge in [0.15, 0.2) is 8.07 Å². The van der Waals surface area contributed by atoms with Gasteiger partial charge in [0.2, 0.25) is 0 Å². The van der Waals surface area contributed by atoms with Gasteiger partial charge >= 0.3 is 0 Å². The average Bonchev–Trinajstić information content (AvgIpc) is 1.64. The monoisotopic (exact) mass is 1260 g/mol. The summed E-state index contributed by atoms with van der Waals surface area (Å²) in [7, 11) is -3.11. The molecule has 14 aromatic carbocycles. The summed E-state index contributed by atoms with van der Waals surface area (Å²) >= 11 is 0. The van der Waals surface area contributed by atoms with Crippen LogP contribution in [0.5, 0.6) is 0 Å². The lowest BCUT2D eigenvalue weighted by Crippen LogP contribution is -2.75. The lowest BCUT2D eigenvalue weighted by Gasteiger charge is -2.36. The summed E-state index contributed by atoms with van der Waals surface area (Å²) in [4.78, 5) is 4.92. The van der Waals surface area contributed by atoms with Crippen LogP contribution in [0.1, 0.15) is 61.1 Å². The third-order valence-corrected chi connectivity index (χ3v) is 26.3. The highest BCUT2D eigenvalue weighted by Gasteiger charge is 2.46. The van der Waals surface area contributed by atoms with E-state index in [1.807, 2.05) is 0 Å². The van der Waals surface area contributed by atoms with Gasteiger partial charge in [-0.05, 0) is 200 Å². The van der Waals surface area contributed by atoms with Crippen LogP contribution in [-0.4, -0.2) is 17.2 Å². The van der Waals surface area contributed by atoms with Gasteiger partial charge < -0.3 is 18.9 Å². The topological polar surface area (TPSA) is 16.3 Å². The molecular weight excluding hydrogens is 1190 g/mol. The largest absolute Gasteiger partial charge is 0.310 e. The molecule has 2 aliphatic carbocycles. The van der Waals surface area contributed by atoms with Crippen molar-refractivity contribution >= 4 is 107 Å². The molecule has 4 nitrogen and oxygen atoms in total. The molecule has 0 saturated heterocycles. The number of hydrogen-bond donors (Lipinski definition) is 0. The minimum atomic E-state index is -3.11. The van der Waals surface area contributed by atoms with Crippen LogP contribution in [0.2, 0.25) is 0 Å². The van der Waals surface area contributed by atoms with Crippen LogP contribution < -0.4 is 30.5 Å². The van der Waals surface area contributed by atoms with E-state index in [0.717, 1.165) is 45.5 Å². The van der Waals surface area contributed by atoms with Crippen molar-refractivity contribution in [2.24, 2.45) is 0 Å². The summed E-state index contributed by atoms with van der Waals surface area (Å²) in [5.41, 5.74) is 26.2. The van der Waals surface area contributed by atoms with Gasteiger partial charge in [0, 0.05) is 77.9 Å². The molecule has 0 radical (unpaired) electrons. The van der Waals surface area contributed by atoms with Gasteiger partial charge in [-0.25, -0.2) is 0 Å². The van der Waals surface area contributed by atoms with Crippen molar-refractivity contribution in [3.8, 4) is 33.6 Å². The maximum absolute atomic E-state index is 3.11. The van der Waals surface area contributed by atoms with E-state index in [1.54, 1.807) is 0 Å². The van der Waals surface area contributed by atoms with Crippen molar-refractivity contribution < 1.29 is 0 Å². The Morgan fingerprint density at radius 2 is 0.546 bits per heavy atom. The number of para-hydroxylation sites is 4. The molecule has 5 heteroatoms. The molecule has 2 aliphatic rings. The van der Waals surface area contributed by atoms with Gasteiger partial charge in [0.05, 0.1) is 22.1 Å². The number of hydrogen-bond acceptors (Lipinski definition) is 2. The Kier molecular flexibility index (Phi) is 13.4. The van der Waals surface area contributed by atoms with Crippen molar-refractivity contribution in [2.75, 3.05) is 9.80 Å². The first-order valence-corrected chi connectivity index (χ1v) is 36.1. The Labute approximate surface area is 568 Å². The van der Waals surface area contributed by atoms with Crippen molar-refractivity contribution in [3.05, 3.63) is 361 Å². The summed E-state index contributed by atoms with van der Waals surface area (Å²) in [5, 5.41) is 10.4. The molecule has 0 bridgehead atoms. The molecule has 2 aromatic heterocycles. The molecule has 16 aromatic rings. The van der Waals surface area contributed by atoms with Gasteiger partial charge in [0.25, 0.3) is 0 Å². The number of aryl methyl sites for hydroxylation is 2. The highest BCUT2D eigenvalue weighted by Crippen LogP contribution is 2.53. The Hall–Kier alpha value is -11.5. The number of anilines is 6. The second-order valence-corrected chi connectivity index (χ2v) is 31.6. The second kappa shape index (κ2) is 22.3. The molecule has 0 atom stereocenters. The zero-order valence-corrected chi connectivity index (χ0v) is 56.5. The summed E-state index contributed by atoms with van der Waals surface area (Å²) < 4.78 is 4.80. The fourth-order valence-corrected chi connectivity index (χ4v) is 21.5. The number of benzene rings is 14. The fraction of sp³-hybridized carbons (Fsp3) is 0.0870. The molecule has 0 unspecified atom stereocenters. The van der Waals surface area contributed by atoms with Crippen LogP contribution in [0, 0.1) is 13.8 Å². The quantitative estimate of drug-likeness (QED) is 0.0895. The SMILES string of the molecule is Cc1ccc(N(c2ccc3c(c2)C(C)(C)c2cc([Si](c4ccccc4)(c4ccccc4)c4ccc5c(c4)C(C)(C)c4cc(N(c6ccc(C)cc6)c6ccc7c(c6)c6ccccc6n7-c6ccccc6)ccc4-5)ccc2-3)c2ccc3c(c2)c2ccccc2n3-c2ccccc2)cc1. The molecule has 97 heavy (non-hydrogen) atoms. The third-order valence-electron chi connectivity index (χ3n) is 21.6. The number of aromatic nitrogens is 2. The minimum absolute atomic E-state index is 0.339. The van der Waals surface area contributed by atoms with E-state index in [0.29, 0.717) is 0 Å². The molecule has 18 rings (SSSR count). The molecule has 0 aliphatic heterocycles. The van der Waals surface area contributed by atoms with Gasteiger partial charge in [0.1, 0.15) is 0 Å². The standard InChI is InChI=1S/C92H72N4Si/c1-61-35-39-65(40-36-61)93(67-45-53-89-81(55-67)79-31-19-21-33-87(79)95(89)63-23-11-7-12-24-63)69-43-49-75-77-51-47-73(59-85(77)91(3,4)83(75)57-69)97(71-27-15-9-16-28-71,72-29-17-10-18-30-72)74-48-52-78-76-50-44-70(58-84(76)92(5,6)86(78)60-74)94(66-41-37-62(2)38-42-66)68-46-54-90-82(56-68)80-32-20-22-34-88(80)96(90)64-25-13-8-14-26-64/h7-60H,1-6H3. The van der Waals surface area contributed by atoms with Crippen LogP contribution in [0.15, 0.2) is 328 Å². The molecule has 0 N–H and O–H groups in total. The maximum atomic E-state index is 2.63. The van der Waals surface area contributed by atoms with Gasteiger partial charge in [-0.1, -0.05) is 245 Å². The van der Waals surface area contributed by atoms with Crippen LogP contribution in [-0.2, 0) is 10.8 Å². The Balaban J connectivity index is 0.752. The van der Waals surface area contributed by atoms with Crippen LogP contribution in [0.3, 0.4) is 0 Å². The molecule has 0 amide bonds. The zero-order valence-electron chi connectivity index (χ0n) is 55.5. The zero-order chi connectivity index (χ0) is 65.3. The maximum Gasteiger partial charge on any atom is 0.179 e. The number of nitrogens with zero attached hydrogens (tertiary/aromatic N) is 4. The lowest BCUT2D eigenvalue weighted by molar-refractivity contribution is 0.661. The number of rotatable bonds is 12. The van der Waals surface area contributed by atoms with Crippen molar-refractivity contribution in [2.45, 2.75) is 52.4 Å². The van der Waals surface area contributed by atoms with E-state index in [1.165, 1.54) is 120 Å². The van der Waals surface area contributed by atoms with Gasteiger partial charge in [-0.3, -0.25) is 0 Å². The van der Waals surface area contributed by atoms with E-state index >= 15 is 0 Å². The van der Waals surface area contributed by atoms with Crippen LogP contribution in [0.25, 0.3) is 77.2 Å². The van der Waals surface area contributed by atoms with Crippen LogP contribution in [0.4, 0.5) is 34.1 Å². The van der Waals surface area contributed by atoms with Crippen molar-refractivity contribution in [3.63, 3.8) is 0 Å². The average molecular weight is 1260 g/mol. The first-order chi connectivity index (χ1) is 47.4. The normalized spacial score (nSPS) is 13.4. The third kappa shape index (κ3) is 9.02. The Morgan fingerprint density at radius 3 is 0.938 bits per heavy atom. The molecule has 0 spiro atoms. The highest BCUT2D eigenvalue weighted by atomic mass is 28.3. The lowest BCUT2D eigenvalue weighted by atomic mass is 9.82. The molecule has 0 saturated carbocycles. The predicted octanol–water partition coefficient (Wildman–Crippen LogP) is 21.4. The van der Waals surface area contributed by atoms with E-state index in [2.05, 4.69) is 388 Å². The Bertz CT molecular complexity index is 5410. The summed E-state index contributed by atoms with van der Waals surface area (Å²) in [5.74, 6) is 0. The molecule has 464 valence electrons. The van der Waals surface area contributed by atoms with Crippen molar-refractivity contribution in [1.29, 1.82) is 0 Å². The summed E-state index contributed by atoms with van der Waals surface area (Å²) in [6.07, 6.45) is 0. The van der Waals surface area contributed by atoms with E-state index < -0.39 is 8.07 Å². The first kappa shape index (κ1) is 58.1. The fourth-order valence-electron chi connectivity index (χ4n) is 16.8. The predicted molar refractivity (Wildman–Crippen MR) is 413 cm³/mol. The summed E-state index contributed by atoms with van der Waals surface area (Å²) in [6, 6.07) is 124. The minimum Gasteiger partial charge on any atom is -0.310 e. The molecule has 0 fully saturated rings. The van der Waals surface area contributed by atoms with Crippen LogP contribution >= 0.6 is 0 Å². The van der Waals surface area contributed by atoms with E-state index in [9.17, 15) is 0 Å². The van der Waals surface area contributed by atoms with E-state index in [4.69, 9.17) is 0 Å². The van der Waals surface area contributed by atoms with Gasteiger partial charge in [-0.2, -0.15) is 0 Å². The summed E-state index contributed by atoms with van der Waals surface area (Å²) in [6.45, 7) is 14.1. The molecular formula is C92H72N4Si. The smallest absolute Gasteiger partial charge is 0.179 e. The van der Waals surface area contributed by atoms with Gasteiger partial charge in [-0.15, -0.1) is 0 Å². The highest BCUT2D eigenvalue weighted by molar-refractivity contribution is 7.20.